The zero-order chi connectivity index (χ0) is 14.0. The molecular weight excluding hydrogens is 304 g/mol. The fourth-order valence-electron chi connectivity index (χ4n) is 2.30. The predicted molar refractivity (Wildman–Crippen MR) is 80.9 cm³/mol. The number of nitrogens with one attached hydrogen (secondary N) is 1. The number of carbonyl (C=O) groups is 1. The van der Waals surface area contributed by atoms with Crippen molar-refractivity contribution in [3.63, 3.8) is 0 Å². The minimum Gasteiger partial charge on any atom is -0.369 e. The predicted octanol–water partition coefficient (Wildman–Crippen LogP) is 2.80. The van der Waals surface area contributed by atoms with E-state index in [0.29, 0.717) is 18.5 Å². The molecule has 1 aliphatic carbocycles. The van der Waals surface area contributed by atoms with E-state index in [1.807, 2.05) is 19.9 Å². The Labute approximate surface area is 123 Å². The van der Waals surface area contributed by atoms with Crippen LogP contribution in [0.3, 0.4) is 0 Å². The summed E-state index contributed by atoms with van der Waals surface area (Å²) in [6.45, 7) is 4.41. The van der Waals surface area contributed by atoms with E-state index in [4.69, 9.17) is 5.73 Å². The molecule has 0 atom stereocenters. The molecule has 0 saturated heterocycles. The molecule has 1 aliphatic rings. The van der Waals surface area contributed by atoms with Crippen LogP contribution in [0, 0.1) is 5.41 Å². The van der Waals surface area contributed by atoms with Crippen LogP contribution in [-0.2, 0) is 4.79 Å². The lowest BCUT2D eigenvalue weighted by Gasteiger charge is -2.38. The molecule has 0 aromatic heterocycles. The molecule has 1 amide bonds. The maximum atomic E-state index is 11.2. The Morgan fingerprint density at radius 1 is 1.47 bits per heavy atom. The molecule has 1 aromatic rings. The molecule has 104 valence electrons. The lowest BCUT2D eigenvalue weighted by molar-refractivity contribution is -0.125. The van der Waals surface area contributed by atoms with Crippen molar-refractivity contribution in [2.45, 2.75) is 38.6 Å². The van der Waals surface area contributed by atoms with Gasteiger partial charge in [0.05, 0.1) is 5.41 Å². The van der Waals surface area contributed by atoms with Gasteiger partial charge in [-0.25, -0.2) is 0 Å². The first-order valence-corrected chi connectivity index (χ1v) is 7.46. The number of primary amides is 1. The Kier molecular flexibility index (Phi) is 4.31. The number of hydrogen-bond acceptors (Lipinski definition) is 2. The second kappa shape index (κ2) is 5.63. The lowest BCUT2D eigenvalue weighted by atomic mass is 9.75. The number of rotatable bonds is 5. The van der Waals surface area contributed by atoms with Crippen molar-refractivity contribution in [1.82, 2.24) is 5.32 Å². The third-order valence-corrected chi connectivity index (χ3v) is 4.45. The highest BCUT2D eigenvalue weighted by Crippen LogP contribution is 2.37. The smallest absolute Gasteiger partial charge is 0.224 e. The number of amides is 1. The minimum absolute atomic E-state index is 0.247. The summed E-state index contributed by atoms with van der Waals surface area (Å²) in [6.07, 6.45) is 2.26. The van der Waals surface area contributed by atoms with Gasteiger partial charge in [-0.05, 0) is 50.3 Å². The summed E-state index contributed by atoms with van der Waals surface area (Å²) in [5.74, 6) is 0.384. The van der Waals surface area contributed by atoms with Gasteiger partial charge in [0.15, 0.2) is 0 Å². The van der Waals surface area contributed by atoms with Crippen molar-refractivity contribution in [2.24, 2.45) is 11.1 Å². The maximum Gasteiger partial charge on any atom is 0.224 e. The monoisotopic (exact) mass is 324 g/mol. The lowest BCUT2D eigenvalue weighted by Crippen LogP contribution is -2.47. The van der Waals surface area contributed by atoms with Gasteiger partial charge in [0, 0.05) is 17.1 Å². The fourth-order valence-corrected chi connectivity index (χ4v) is 2.72. The maximum absolute atomic E-state index is 11.2. The average Bonchev–Trinajstić information content (AvgIpc) is 2.26. The molecule has 0 spiro atoms. The van der Waals surface area contributed by atoms with Gasteiger partial charge in [-0.15, -0.1) is 0 Å². The van der Waals surface area contributed by atoms with Crippen molar-refractivity contribution in [3.8, 4) is 0 Å². The summed E-state index contributed by atoms with van der Waals surface area (Å²) in [5, 5.41) is 3.44. The Balaban J connectivity index is 1.79. The highest BCUT2D eigenvalue weighted by Gasteiger charge is 2.32. The highest BCUT2D eigenvalue weighted by atomic mass is 79.9. The van der Waals surface area contributed by atoms with Crippen LogP contribution in [0.25, 0.3) is 0 Å². The van der Waals surface area contributed by atoms with Gasteiger partial charge in [0.2, 0.25) is 5.91 Å². The van der Waals surface area contributed by atoms with E-state index in [9.17, 15) is 4.79 Å². The van der Waals surface area contributed by atoms with E-state index < -0.39 is 5.41 Å². The first-order valence-electron chi connectivity index (χ1n) is 6.67. The standard InChI is InChI=1S/C15H21BrN2O/c1-15(2,14(17)19)9-18-13-7-11(8-13)10-4-3-5-12(16)6-10/h3-6,11,13,18H,7-9H2,1-2H3,(H2,17,19). The molecule has 3 nitrogen and oxygen atoms in total. The summed E-state index contributed by atoms with van der Waals surface area (Å²) in [5.41, 5.74) is 6.29. The van der Waals surface area contributed by atoms with E-state index in [0.717, 1.165) is 17.3 Å². The first-order chi connectivity index (χ1) is 8.88. The van der Waals surface area contributed by atoms with Crippen LogP contribution in [-0.4, -0.2) is 18.5 Å². The Morgan fingerprint density at radius 2 is 2.16 bits per heavy atom. The van der Waals surface area contributed by atoms with E-state index in [1.165, 1.54) is 5.56 Å². The first kappa shape index (κ1) is 14.5. The summed E-state index contributed by atoms with van der Waals surface area (Å²) in [6, 6.07) is 9.00. The number of carbonyl (C=O) groups excluding carboxylic acids is 1. The normalized spacial score (nSPS) is 22.9. The fraction of sp³-hybridized carbons (Fsp3) is 0.533. The number of benzene rings is 1. The van der Waals surface area contributed by atoms with E-state index >= 15 is 0 Å². The second-order valence-corrected chi connectivity index (χ2v) is 6.96. The summed E-state index contributed by atoms with van der Waals surface area (Å²) >= 11 is 3.50. The van der Waals surface area contributed by atoms with Crippen LogP contribution in [0.4, 0.5) is 0 Å². The van der Waals surface area contributed by atoms with Crippen molar-refractivity contribution in [2.75, 3.05) is 6.54 Å². The minimum atomic E-state index is -0.471. The zero-order valence-electron chi connectivity index (χ0n) is 11.4. The van der Waals surface area contributed by atoms with E-state index in [-0.39, 0.29) is 5.91 Å². The highest BCUT2D eigenvalue weighted by molar-refractivity contribution is 9.10. The van der Waals surface area contributed by atoms with Crippen molar-refractivity contribution in [1.29, 1.82) is 0 Å². The number of nitrogens with two attached hydrogens (primary N) is 1. The van der Waals surface area contributed by atoms with Crippen LogP contribution in [0.1, 0.15) is 38.2 Å². The van der Waals surface area contributed by atoms with Crippen LogP contribution in [0.2, 0.25) is 0 Å². The molecule has 3 N–H and O–H groups in total. The van der Waals surface area contributed by atoms with Gasteiger partial charge in [0.1, 0.15) is 0 Å². The summed E-state index contributed by atoms with van der Waals surface area (Å²) in [4.78, 5) is 11.2. The quantitative estimate of drug-likeness (QED) is 0.875. The Hall–Kier alpha value is -0.870. The van der Waals surface area contributed by atoms with Gasteiger partial charge in [-0.2, -0.15) is 0 Å². The third kappa shape index (κ3) is 3.57. The van der Waals surface area contributed by atoms with E-state index in [2.05, 4.69) is 39.4 Å². The Bertz CT molecular complexity index is 467. The van der Waals surface area contributed by atoms with Crippen molar-refractivity contribution in [3.05, 3.63) is 34.3 Å². The van der Waals surface area contributed by atoms with Gasteiger partial charge < -0.3 is 11.1 Å². The molecule has 1 aromatic carbocycles. The average molecular weight is 325 g/mol. The van der Waals surface area contributed by atoms with Gasteiger partial charge in [0.25, 0.3) is 0 Å². The van der Waals surface area contributed by atoms with Crippen LogP contribution in [0.15, 0.2) is 28.7 Å². The molecule has 0 heterocycles. The van der Waals surface area contributed by atoms with Crippen molar-refractivity contribution < 1.29 is 4.79 Å². The SMILES string of the molecule is CC(C)(CNC1CC(c2cccc(Br)c2)C1)C(N)=O. The Morgan fingerprint density at radius 3 is 2.74 bits per heavy atom. The van der Waals surface area contributed by atoms with Crippen LogP contribution in [0.5, 0.6) is 0 Å². The summed E-state index contributed by atoms with van der Waals surface area (Å²) < 4.78 is 1.14. The largest absolute Gasteiger partial charge is 0.369 e. The molecule has 0 aliphatic heterocycles. The molecule has 4 heteroatoms. The second-order valence-electron chi connectivity index (χ2n) is 6.05. The summed E-state index contributed by atoms with van der Waals surface area (Å²) in [7, 11) is 0. The molecule has 2 rings (SSSR count). The third-order valence-electron chi connectivity index (χ3n) is 3.96. The van der Waals surface area contributed by atoms with Gasteiger partial charge in [-0.1, -0.05) is 28.1 Å². The van der Waals surface area contributed by atoms with Gasteiger partial charge >= 0.3 is 0 Å². The molecular formula is C15H21BrN2O. The number of hydrogen-bond donors (Lipinski definition) is 2. The van der Waals surface area contributed by atoms with Gasteiger partial charge in [-0.3, -0.25) is 4.79 Å². The topological polar surface area (TPSA) is 55.1 Å². The molecule has 19 heavy (non-hydrogen) atoms. The molecule has 0 radical (unpaired) electrons. The zero-order valence-corrected chi connectivity index (χ0v) is 13.0. The van der Waals surface area contributed by atoms with Crippen LogP contribution < -0.4 is 11.1 Å². The molecule has 1 fully saturated rings. The molecule has 0 bridgehead atoms. The number of halogens is 1. The van der Waals surface area contributed by atoms with Crippen LogP contribution >= 0.6 is 15.9 Å². The molecule has 1 saturated carbocycles. The molecule has 0 unspecified atom stereocenters. The van der Waals surface area contributed by atoms with E-state index in [1.54, 1.807) is 0 Å². The van der Waals surface area contributed by atoms with Crippen molar-refractivity contribution >= 4 is 21.8 Å².